The van der Waals surface area contributed by atoms with Crippen molar-refractivity contribution in [3.05, 3.63) is 59.9 Å². The van der Waals surface area contributed by atoms with Crippen LogP contribution in [0.1, 0.15) is 18.5 Å². The number of anilines is 1. The van der Waals surface area contributed by atoms with Crippen LogP contribution in [0.2, 0.25) is 0 Å². The summed E-state index contributed by atoms with van der Waals surface area (Å²) >= 11 is 0. The molecule has 1 atom stereocenters. The number of carbonyl (C=O) groups excluding carboxylic acids is 1. The highest BCUT2D eigenvalue weighted by molar-refractivity contribution is 5.97. The summed E-state index contributed by atoms with van der Waals surface area (Å²) in [4.78, 5) is 15.6. The van der Waals surface area contributed by atoms with Crippen LogP contribution in [0.4, 0.5) is 10.1 Å². The molecule has 2 heterocycles. The molecule has 0 radical (unpaired) electrons. The van der Waals surface area contributed by atoms with Gasteiger partial charge in [0.1, 0.15) is 11.9 Å². The van der Waals surface area contributed by atoms with Crippen molar-refractivity contribution in [3.63, 3.8) is 0 Å². The number of halogens is 1. The maximum Gasteiger partial charge on any atom is 0.253 e. The Labute approximate surface area is 143 Å². The lowest BCUT2D eigenvalue weighted by atomic mass is 10.1. The summed E-state index contributed by atoms with van der Waals surface area (Å²) in [5, 5.41) is 12.3. The fourth-order valence-corrected chi connectivity index (χ4v) is 3.04. The minimum atomic E-state index is -0.671. The summed E-state index contributed by atoms with van der Waals surface area (Å²) in [6.45, 7) is 2.15. The largest absolute Gasteiger partial charge is 0.307 e. The third-order valence-corrected chi connectivity index (χ3v) is 4.38. The van der Waals surface area contributed by atoms with Crippen LogP contribution in [0.15, 0.2) is 48.5 Å². The third-order valence-electron chi connectivity index (χ3n) is 4.38. The van der Waals surface area contributed by atoms with Gasteiger partial charge in [-0.15, -0.1) is 10.2 Å². The number of aromatic nitrogens is 4. The lowest BCUT2D eigenvalue weighted by Gasteiger charge is -2.21. The van der Waals surface area contributed by atoms with Crippen LogP contribution >= 0.6 is 0 Å². The van der Waals surface area contributed by atoms with Crippen molar-refractivity contribution in [1.29, 1.82) is 0 Å². The second-order valence-electron chi connectivity index (χ2n) is 5.96. The van der Waals surface area contributed by atoms with Gasteiger partial charge in [0, 0.05) is 12.1 Å². The van der Waals surface area contributed by atoms with Crippen LogP contribution in [-0.2, 0) is 11.2 Å². The van der Waals surface area contributed by atoms with Gasteiger partial charge < -0.3 is 4.90 Å². The third kappa shape index (κ3) is 2.67. The normalized spacial score (nSPS) is 14.4. The molecule has 7 heteroatoms. The first-order valence-corrected chi connectivity index (χ1v) is 8.09. The molecule has 1 aromatic heterocycles. The molecule has 0 N–H and O–H groups in total. The van der Waals surface area contributed by atoms with Gasteiger partial charge in [0.2, 0.25) is 5.82 Å². The average molecular weight is 337 g/mol. The van der Waals surface area contributed by atoms with E-state index in [2.05, 4.69) is 15.4 Å². The first-order valence-electron chi connectivity index (χ1n) is 8.09. The molecule has 0 saturated heterocycles. The topological polar surface area (TPSA) is 63.9 Å². The second-order valence-corrected chi connectivity index (χ2v) is 5.96. The molecule has 2 aromatic carbocycles. The van der Waals surface area contributed by atoms with E-state index in [0.717, 1.165) is 11.1 Å². The van der Waals surface area contributed by atoms with Gasteiger partial charge in [-0.3, -0.25) is 4.79 Å². The molecule has 0 bridgehead atoms. The number of benzene rings is 2. The van der Waals surface area contributed by atoms with Gasteiger partial charge in [-0.2, -0.15) is 4.80 Å². The standard InChI is InChI=1S/C18H16FN5O/c1-12(24-21-17(20-22-24)14-6-3-2-4-7-14)18(25)23-11-10-13-8-5-9-15(19)16(13)23/h2-9,12H,10-11H2,1H3/t12-/m0/s1. The van der Waals surface area contributed by atoms with Crippen molar-refractivity contribution >= 4 is 11.6 Å². The summed E-state index contributed by atoms with van der Waals surface area (Å²) in [5.74, 6) is -0.179. The summed E-state index contributed by atoms with van der Waals surface area (Å²) in [6, 6.07) is 13.6. The molecule has 0 fully saturated rings. The van der Waals surface area contributed by atoms with Crippen LogP contribution < -0.4 is 4.90 Å². The Morgan fingerprint density at radius 1 is 1.16 bits per heavy atom. The second kappa shape index (κ2) is 6.08. The molecule has 126 valence electrons. The molecule has 3 aromatic rings. The molecular weight excluding hydrogens is 321 g/mol. The minimum absolute atomic E-state index is 0.249. The number of para-hydroxylation sites is 1. The van der Waals surface area contributed by atoms with Gasteiger partial charge in [0.05, 0.1) is 5.69 Å². The van der Waals surface area contributed by atoms with Crippen molar-refractivity contribution < 1.29 is 9.18 Å². The van der Waals surface area contributed by atoms with Gasteiger partial charge in [-0.25, -0.2) is 4.39 Å². The van der Waals surface area contributed by atoms with Gasteiger partial charge in [0.15, 0.2) is 0 Å². The van der Waals surface area contributed by atoms with Crippen molar-refractivity contribution in [2.75, 3.05) is 11.4 Å². The van der Waals surface area contributed by atoms with E-state index in [1.165, 1.54) is 15.8 Å². The highest BCUT2D eigenvalue weighted by Crippen LogP contribution is 2.32. The number of hydrogen-bond donors (Lipinski definition) is 0. The lowest BCUT2D eigenvalue weighted by molar-refractivity contribution is -0.121. The van der Waals surface area contributed by atoms with Gasteiger partial charge in [0.25, 0.3) is 5.91 Å². The van der Waals surface area contributed by atoms with Gasteiger partial charge >= 0.3 is 0 Å². The number of carbonyl (C=O) groups is 1. The number of nitrogens with zero attached hydrogens (tertiary/aromatic N) is 5. The molecule has 4 rings (SSSR count). The van der Waals surface area contributed by atoms with E-state index >= 15 is 0 Å². The Kier molecular flexibility index (Phi) is 3.76. The summed E-state index contributed by atoms with van der Waals surface area (Å²) in [7, 11) is 0. The van der Waals surface area contributed by atoms with Crippen molar-refractivity contribution in [1.82, 2.24) is 20.2 Å². The monoisotopic (exact) mass is 337 g/mol. The Hall–Kier alpha value is -3.09. The van der Waals surface area contributed by atoms with Crippen LogP contribution in [-0.4, -0.2) is 32.7 Å². The zero-order valence-corrected chi connectivity index (χ0v) is 13.6. The zero-order chi connectivity index (χ0) is 17.4. The van der Waals surface area contributed by atoms with E-state index in [-0.39, 0.29) is 11.7 Å². The predicted octanol–water partition coefficient (Wildman–Crippen LogP) is 2.63. The van der Waals surface area contributed by atoms with E-state index in [0.29, 0.717) is 24.5 Å². The highest BCUT2D eigenvalue weighted by atomic mass is 19.1. The summed E-state index contributed by atoms with van der Waals surface area (Å²) in [6.07, 6.45) is 0.644. The molecule has 0 unspecified atom stereocenters. The van der Waals surface area contributed by atoms with Gasteiger partial charge in [-0.1, -0.05) is 42.5 Å². The van der Waals surface area contributed by atoms with E-state index in [9.17, 15) is 9.18 Å². The highest BCUT2D eigenvalue weighted by Gasteiger charge is 2.32. The summed E-state index contributed by atoms with van der Waals surface area (Å²) < 4.78 is 14.1. The Morgan fingerprint density at radius 2 is 1.96 bits per heavy atom. The van der Waals surface area contributed by atoms with Crippen LogP contribution in [0.5, 0.6) is 0 Å². The van der Waals surface area contributed by atoms with E-state index in [1.54, 1.807) is 13.0 Å². The lowest BCUT2D eigenvalue weighted by Crippen LogP contribution is -2.36. The average Bonchev–Trinajstić information content (AvgIpc) is 3.29. The molecule has 25 heavy (non-hydrogen) atoms. The zero-order valence-electron chi connectivity index (χ0n) is 13.6. The van der Waals surface area contributed by atoms with Crippen LogP contribution in [0, 0.1) is 5.82 Å². The van der Waals surface area contributed by atoms with E-state index < -0.39 is 6.04 Å². The number of tetrazole rings is 1. The van der Waals surface area contributed by atoms with Crippen LogP contribution in [0.3, 0.4) is 0 Å². The first-order chi connectivity index (χ1) is 12.1. The quantitative estimate of drug-likeness (QED) is 0.737. The van der Waals surface area contributed by atoms with E-state index in [4.69, 9.17) is 0 Å². The number of fused-ring (bicyclic) bond motifs is 1. The Bertz CT molecular complexity index is 924. The van der Waals surface area contributed by atoms with Crippen molar-refractivity contribution in [2.45, 2.75) is 19.4 Å². The maximum atomic E-state index is 14.1. The Balaban J connectivity index is 1.60. The van der Waals surface area contributed by atoms with Crippen LogP contribution in [0.25, 0.3) is 11.4 Å². The molecule has 1 amide bonds. The van der Waals surface area contributed by atoms with Crippen molar-refractivity contribution in [2.24, 2.45) is 0 Å². The minimum Gasteiger partial charge on any atom is -0.307 e. The molecule has 1 aliphatic rings. The molecule has 0 aliphatic carbocycles. The fraction of sp³-hybridized carbons (Fsp3) is 0.222. The first kappa shape index (κ1) is 15.4. The van der Waals surface area contributed by atoms with Crippen molar-refractivity contribution in [3.8, 4) is 11.4 Å². The SMILES string of the molecule is C[C@@H](C(=O)N1CCc2cccc(F)c21)n1nnc(-c2ccccc2)n1. The number of hydrogen-bond acceptors (Lipinski definition) is 4. The maximum absolute atomic E-state index is 14.1. The molecule has 0 saturated carbocycles. The Morgan fingerprint density at radius 3 is 2.76 bits per heavy atom. The van der Waals surface area contributed by atoms with Gasteiger partial charge in [-0.05, 0) is 30.2 Å². The smallest absolute Gasteiger partial charge is 0.253 e. The molecular formula is C18H16FN5O. The molecule has 1 aliphatic heterocycles. The summed E-state index contributed by atoms with van der Waals surface area (Å²) in [5.41, 5.74) is 2.03. The number of amides is 1. The number of rotatable bonds is 3. The fourth-order valence-electron chi connectivity index (χ4n) is 3.04. The predicted molar refractivity (Wildman–Crippen MR) is 90.4 cm³/mol. The molecule has 0 spiro atoms. The molecule has 6 nitrogen and oxygen atoms in total. The van der Waals surface area contributed by atoms with E-state index in [1.807, 2.05) is 36.4 Å².